The van der Waals surface area contributed by atoms with Gasteiger partial charge < -0.3 is 31.6 Å². The van der Waals surface area contributed by atoms with Gasteiger partial charge in [0.15, 0.2) is 5.82 Å². The van der Waals surface area contributed by atoms with Crippen LogP contribution < -0.4 is 21.9 Å². The maximum atomic E-state index is 14.3. The first kappa shape index (κ1) is 33.6. The van der Waals surface area contributed by atoms with Crippen LogP contribution in [0.15, 0.2) is 34.1 Å². The minimum Gasteiger partial charge on any atom is -0.473 e. The summed E-state index contributed by atoms with van der Waals surface area (Å²) in [5, 5.41) is 10.5. The molecule has 1 amide bonds. The number of fused-ring (bicyclic) bond motifs is 2. The zero-order valence-electron chi connectivity index (χ0n) is 27.7. The average Bonchev–Trinajstić information content (AvgIpc) is 3.62. The Hall–Kier alpha value is -4.32. The zero-order valence-corrected chi connectivity index (χ0v) is 28.5. The third-order valence-electron chi connectivity index (χ3n) is 10.3. The second-order valence-corrected chi connectivity index (χ2v) is 14.3. The summed E-state index contributed by atoms with van der Waals surface area (Å²) in [5.74, 6) is -0.427. The van der Waals surface area contributed by atoms with Crippen LogP contribution in [0, 0.1) is 11.3 Å². The molecule has 2 fully saturated rings. The number of hydrogen-bond acceptors (Lipinski definition) is 13. The molecule has 13 nitrogen and oxygen atoms in total. The van der Waals surface area contributed by atoms with Gasteiger partial charge in [-0.3, -0.25) is 14.5 Å². The molecule has 6 rings (SSSR count). The monoisotopic (exact) mass is 673 g/mol. The SMILES string of the molecule is C[C@H](Oc1cc(N=CC=C(N)C(=O)N(C)C2COC2)nc(C(=O)C2=C(N)[C@@]3(CCC2)CCCc2sc(N)c(C#N)c23)n1)[C@@H]1CCCN1C. The van der Waals surface area contributed by atoms with Crippen LogP contribution in [0.5, 0.6) is 5.88 Å². The second-order valence-electron chi connectivity index (χ2n) is 13.2. The number of aromatic nitrogens is 2. The van der Waals surface area contributed by atoms with Crippen LogP contribution in [0.25, 0.3) is 0 Å². The topological polar surface area (TPSA) is 199 Å². The number of aryl methyl sites for hydroxylation is 1. The van der Waals surface area contributed by atoms with Crippen molar-refractivity contribution in [2.24, 2.45) is 16.5 Å². The molecule has 4 heterocycles. The number of nitriles is 1. The molecule has 14 heteroatoms. The second kappa shape index (κ2) is 13.7. The first-order valence-corrected chi connectivity index (χ1v) is 17.3. The summed E-state index contributed by atoms with van der Waals surface area (Å²) in [5.41, 5.74) is 20.9. The lowest BCUT2D eigenvalue weighted by atomic mass is 9.62. The number of ketones is 1. The highest BCUT2D eigenvalue weighted by Gasteiger charge is 2.46. The lowest BCUT2D eigenvalue weighted by Crippen LogP contribution is -2.50. The maximum absolute atomic E-state index is 14.3. The number of likely N-dealkylation sites (tertiary alicyclic amines) is 1. The van der Waals surface area contributed by atoms with E-state index in [-0.39, 0.29) is 47.3 Å². The van der Waals surface area contributed by atoms with E-state index in [9.17, 15) is 14.9 Å². The lowest BCUT2D eigenvalue weighted by Gasteiger charge is -2.42. The number of rotatable bonds is 9. The molecular weight excluding hydrogens is 630 g/mol. The van der Waals surface area contributed by atoms with E-state index in [0.29, 0.717) is 47.9 Å². The van der Waals surface area contributed by atoms with E-state index in [1.165, 1.54) is 23.6 Å². The van der Waals surface area contributed by atoms with Crippen LogP contribution in [-0.4, -0.2) is 89.7 Å². The predicted octanol–water partition coefficient (Wildman–Crippen LogP) is 3.11. The number of nitrogens with zero attached hydrogens (tertiary/aromatic N) is 6. The summed E-state index contributed by atoms with van der Waals surface area (Å²) in [6, 6.07) is 4.06. The minimum atomic E-state index is -0.639. The Labute approximate surface area is 284 Å². The van der Waals surface area contributed by atoms with Crippen molar-refractivity contribution < 1.29 is 19.1 Å². The van der Waals surface area contributed by atoms with Crippen LogP contribution in [0.2, 0.25) is 0 Å². The number of nitrogen functional groups attached to an aromatic ring is 1. The van der Waals surface area contributed by atoms with Crippen molar-refractivity contribution in [2.45, 2.75) is 81.9 Å². The van der Waals surface area contributed by atoms with E-state index in [2.05, 4.69) is 33.0 Å². The van der Waals surface area contributed by atoms with E-state index in [1.54, 1.807) is 18.0 Å². The van der Waals surface area contributed by atoms with Crippen molar-refractivity contribution in [1.29, 1.82) is 5.26 Å². The molecule has 0 radical (unpaired) electrons. The predicted molar refractivity (Wildman–Crippen MR) is 183 cm³/mol. The average molecular weight is 674 g/mol. The molecule has 4 aliphatic rings. The van der Waals surface area contributed by atoms with Gasteiger partial charge in [0.25, 0.3) is 5.91 Å². The Morgan fingerprint density at radius 3 is 2.67 bits per heavy atom. The number of likely N-dealkylation sites (N-methyl/N-ethyl adjacent to an activating group) is 2. The molecule has 1 spiro atoms. The molecule has 0 bridgehead atoms. The Morgan fingerprint density at radius 2 is 2.00 bits per heavy atom. The van der Waals surface area contributed by atoms with Gasteiger partial charge in [-0.15, -0.1) is 11.3 Å². The highest BCUT2D eigenvalue weighted by atomic mass is 32.1. The summed E-state index contributed by atoms with van der Waals surface area (Å²) in [4.78, 5) is 45.4. The summed E-state index contributed by atoms with van der Waals surface area (Å²) < 4.78 is 11.5. The first-order valence-electron chi connectivity index (χ1n) is 16.5. The van der Waals surface area contributed by atoms with Gasteiger partial charge in [-0.2, -0.15) is 10.2 Å². The molecule has 254 valence electrons. The smallest absolute Gasteiger partial charge is 0.269 e. The summed E-state index contributed by atoms with van der Waals surface area (Å²) in [7, 11) is 3.75. The standard InChI is InChI=1S/C34H43N9O4S/c1-19(24-8-6-14-42(24)2)47-27-15-26(39-13-10-23(36)33(45)43(3)20-17-46-18-20)40-32(41-27)29(44)21-7-4-11-34(30(21)37)12-5-9-25-28(34)22(16-35)31(38)48-25/h10,13,15,19-20,24H,4-9,11-12,14,17-18,36-38H2,1-3H3/t19-,24-,34-/m0/s1. The number of aliphatic imine (C=N–C) groups is 1. The molecule has 48 heavy (non-hydrogen) atoms. The molecule has 0 aromatic carbocycles. The normalized spacial score (nSPS) is 24.0. The fraction of sp³-hybridized carbons (Fsp3) is 0.529. The van der Waals surface area contributed by atoms with E-state index in [0.717, 1.165) is 55.5 Å². The van der Waals surface area contributed by atoms with Crippen molar-refractivity contribution in [2.75, 3.05) is 39.6 Å². The van der Waals surface area contributed by atoms with Crippen LogP contribution in [0.4, 0.5) is 10.8 Å². The summed E-state index contributed by atoms with van der Waals surface area (Å²) >= 11 is 1.44. The molecular formula is C34H43N9O4S. The largest absolute Gasteiger partial charge is 0.473 e. The van der Waals surface area contributed by atoms with Crippen molar-refractivity contribution in [3.63, 3.8) is 0 Å². The molecule has 2 aromatic heterocycles. The Kier molecular flexibility index (Phi) is 9.55. The molecule has 0 unspecified atom stereocenters. The van der Waals surface area contributed by atoms with Crippen LogP contribution in [0.3, 0.4) is 0 Å². The van der Waals surface area contributed by atoms with Crippen LogP contribution >= 0.6 is 11.3 Å². The van der Waals surface area contributed by atoms with Gasteiger partial charge in [0, 0.05) is 46.9 Å². The molecule has 2 aliphatic carbocycles. The maximum Gasteiger partial charge on any atom is 0.269 e. The van der Waals surface area contributed by atoms with Gasteiger partial charge in [0.1, 0.15) is 17.2 Å². The summed E-state index contributed by atoms with van der Waals surface area (Å²) in [6.45, 7) is 3.92. The van der Waals surface area contributed by atoms with Crippen molar-refractivity contribution >= 4 is 40.1 Å². The van der Waals surface area contributed by atoms with Crippen LogP contribution in [-0.2, 0) is 21.4 Å². The van der Waals surface area contributed by atoms with Gasteiger partial charge in [-0.25, -0.2) is 9.98 Å². The third-order valence-corrected chi connectivity index (χ3v) is 11.3. The Bertz CT molecular complexity index is 1740. The first-order chi connectivity index (χ1) is 23.0. The number of nitrogens with two attached hydrogens (primary N) is 3. The lowest BCUT2D eigenvalue weighted by molar-refractivity contribution is -0.137. The molecule has 0 saturated carbocycles. The van der Waals surface area contributed by atoms with Crippen molar-refractivity contribution in [3.8, 4) is 11.9 Å². The number of allylic oxidation sites excluding steroid dienone is 3. The van der Waals surface area contributed by atoms with Crippen molar-refractivity contribution in [3.05, 3.63) is 50.9 Å². The minimum absolute atomic E-state index is 0.0101. The number of anilines is 1. The van der Waals surface area contributed by atoms with Crippen molar-refractivity contribution in [1.82, 2.24) is 19.8 Å². The third kappa shape index (κ3) is 6.18. The molecule has 6 N–H and O–H groups in total. The van der Waals surface area contributed by atoms with E-state index >= 15 is 0 Å². The molecule has 2 aliphatic heterocycles. The Morgan fingerprint density at radius 1 is 1.25 bits per heavy atom. The number of carbonyl (C=O) groups excluding carboxylic acids is 2. The highest BCUT2D eigenvalue weighted by Crippen LogP contribution is 2.53. The Balaban J connectivity index is 1.34. The number of thiophene rings is 1. The number of hydrogen-bond donors (Lipinski definition) is 3. The van der Waals surface area contributed by atoms with Gasteiger partial charge in [-0.1, -0.05) is 0 Å². The molecule has 2 aromatic rings. The quantitative estimate of drug-likeness (QED) is 0.201. The number of ether oxygens (including phenoxy) is 2. The van der Waals surface area contributed by atoms with E-state index in [4.69, 9.17) is 26.7 Å². The summed E-state index contributed by atoms with van der Waals surface area (Å²) in [6.07, 6.45) is 9.00. The number of amides is 1. The van der Waals surface area contributed by atoms with Gasteiger partial charge >= 0.3 is 0 Å². The number of carbonyl (C=O) groups is 2. The van der Waals surface area contributed by atoms with Gasteiger partial charge in [0.2, 0.25) is 17.5 Å². The number of Topliss-reactive ketones (excluding diaryl/α,β-unsaturated/α-hetero) is 1. The fourth-order valence-corrected chi connectivity index (χ4v) is 8.66. The van der Waals surface area contributed by atoms with E-state index < -0.39 is 11.2 Å². The van der Waals surface area contributed by atoms with Crippen LogP contribution in [0.1, 0.15) is 78.5 Å². The van der Waals surface area contributed by atoms with E-state index in [1.807, 2.05) is 6.92 Å². The molecule has 3 atom stereocenters. The zero-order chi connectivity index (χ0) is 34.2. The highest BCUT2D eigenvalue weighted by molar-refractivity contribution is 7.16. The van der Waals surface area contributed by atoms with Gasteiger partial charge in [0.05, 0.1) is 30.5 Å². The van der Waals surface area contributed by atoms with Gasteiger partial charge in [-0.05, 0) is 83.5 Å². The molecule has 2 saturated heterocycles. The fourth-order valence-electron chi connectivity index (χ4n) is 7.50.